The van der Waals surface area contributed by atoms with Gasteiger partial charge in [-0.2, -0.15) is 0 Å². The van der Waals surface area contributed by atoms with Crippen LogP contribution in [0, 0.1) is 0 Å². The monoisotopic (exact) mass is 207 g/mol. The zero-order valence-electron chi connectivity index (χ0n) is 9.41. The van der Waals surface area contributed by atoms with Gasteiger partial charge in [-0.15, -0.1) is 0 Å². The topological polar surface area (TPSA) is 38.3 Å². The molecule has 0 saturated carbocycles. The van der Waals surface area contributed by atoms with Gasteiger partial charge in [0, 0.05) is 11.6 Å². The predicted octanol–water partition coefficient (Wildman–Crippen LogP) is 2.22. The van der Waals surface area contributed by atoms with Crippen molar-refractivity contribution < 1.29 is 9.53 Å². The van der Waals surface area contributed by atoms with Crippen molar-refractivity contribution in [1.29, 1.82) is 0 Å². The van der Waals surface area contributed by atoms with Crippen LogP contribution in [0.5, 0.6) is 5.75 Å². The molecule has 1 rings (SSSR count). The molecule has 0 aromatic heterocycles. The molecule has 1 aromatic rings. The van der Waals surface area contributed by atoms with Crippen molar-refractivity contribution in [3.8, 4) is 5.75 Å². The lowest BCUT2D eigenvalue weighted by Gasteiger charge is -2.11. The molecule has 1 atom stereocenters. The average molecular weight is 207 g/mol. The van der Waals surface area contributed by atoms with E-state index in [2.05, 4.69) is 5.32 Å². The van der Waals surface area contributed by atoms with Crippen LogP contribution in [0.15, 0.2) is 24.3 Å². The minimum Gasteiger partial charge on any atom is -0.497 e. The highest BCUT2D eigenvalue weighted by Gasteiger charge is 2.08. The van der Waals surface area contributed by atoms with E-state index in [1.807, 2.05) is 26.0 Å². The average Bonchev–Trinajstić information content (AvgIpc) is 2.28. The van der Waals surface area contributed by atoms with Crippen LogP contribution in [0.4, 0.5) is 0 Å². The summed E-state index contributed by atoms with van der Waals surface area (Å²) in [6.45, 7) is 4.02. The lowest BCUT2D eigenvalue weighted by molar-refractivity contribution is 0.0939. The Balaban J connectivity index is 2.73. The lowest BCUT2D eigenvalue weighted by Crippen LogP contribution is -2.31. The second-order valence-corrected chi connectivity index (χ2v) is 3.51. The summed E-state index contributed by atoms with van der Waals surface area (Å²) in [5.41, 5.74) is 0.634. The van der Waals surface area contributed by atoms with Gasteiger partial charge in [0.15, 0.2) is 0 Å². The van der Waals surface area contributed by atoms with Gasteiger partial charge in [0.1, 0.15) is 5.75 Å². The van der Waals surface area contributed by atoms with Crippen LogP contribution in [-0.2, 0) is 0 Å². The summed E-state index contributed by atoms with van der Waals surface area (Å²) >= 11 is 0. The Morgan fingerprint density at radius 1 is 1.53 bits per heavy atom. The van der Waals surface area contributed by atoms with E-state index in [-0.39, 0.29) is 11.9 Å². The maximum Gasteiger partial charge on any atom is 0.251 e. The zero-order valence-corrected chi connectivity index (χ0v) is 9.41. The maximum atomic E-state index is 11.7. The van der Waals surface area contributed by atoms with Gasteiger partial charge < -0.3 is 10.1 Å². The van der Waals surface area contributed by atoms with Crippen molar-refractivity contribution in [1.82, 2.24) is 5.32 Å². The Hall–Kier alpha value is -1.51. The van der Waals surface area contributed by atoms with Crippen molar-refractivity contribution in [3.63, 3.8) is 0 Å². The van der Waals surface area contributed by atoms with Crippen LogP contribution < -0.4 is 10.1 Å². The molecule has 15 heavy (non-hydrogen) atoms. The largest absolute Gasteiger partial charge is 0.497 e. The molecule has 1 N–H and O–H groups in total. The van der Waals surface area contributed by atoms with Gasteiger partial charge in [0.05, 0.1) is 7.11 Å². The van der Waals surface area contributed by atoms with Crippen molar-refractivity contribution >= 4 is 5.91 Å². The van der Waals surface area contributed by atoms with E-state index in [0.717, 1.165) is 6.42 Å². The molecule has 0 aliphatic carbocycles. The summed E-state index contributed by atoms with van der Waals surface area (Å²) in [4.78, 5) is 11.7. The summed E-state index contributed by atoms with van der Waals surface area (Å²) in [6.07, 6.45) is 0.926. The van der Waals surface area contributed by atoms with E-state index in [1.54, 1.807) is 19.2 Å². The third-order valence-corrected chi connectivity index (χ3v) is 2.32. The summed E-state index contributed by atoms with van der Waals surface area (Å²) in [5.74, 6) is 0.648. The lowest BCUT2D eigenvalue weighted by atomic mass is 10.2. The molecule has 3 nitrogen and oxygen atoms in total. The molecule has 0 spiro atoms. The first kappa shape index (κ1) is 11.6. The minimum atomic E-state index is -0.0525. The van der Waals surface area contributed by atoms with E-state index >= 15 is 0 Å². The molecular weight excluding hydrogens is 190 g/mol. The number of carbonyl (C=O) groups is 1. The van der Waals surface area contributed by atoms with Crippen LogP contribution in [0.25, 0.3) is 0 Å². The van der Waals surface area contributed by atoms with E-state index in [4.69, 9.17) is 4.74 Å². The van der Waals surface area contributed by atoms with Crippen LogP contribution in [0.1, 0.15) is 30.6 Å². The fraction of sp³-hybridized carbons (Fsp3) is 0.417. The van der Waals surface area contributed by atoms with Gasteiger partial charge in [-0.3, -0.25) is 4.79 Å². The van der Waals surface area contributed by atoms with E-state index in [9.17, 15) is 4.79 Å². The minimum absolute atomic E-state index is 0.0525. The van der Waals surface area contributed by atoms with Crippen molar-refractivity contribution in [2.45, 2.75) is 26.3 Å². The van der Waals surface area contributed by atoms with Crippen LogP contribution in [-0.4, -0.2) is 19.1 Å². The SMILES string of the molecule is CC[C@@H](C)NC(=O)c1cccc(OC)c1. The summed E-state index contributed by atoms with van der Waals surface area (Å²) < 4.78 is 5.06. The molecule has 0 fully saturated rings. The third-order valence-electron chi connectivity index (χ3n) is 2.32. The second-order valence-electron chi connectivity index (χ2n) is 3.51. The molecular formula is C12H17NO2. The van der Waals surface area contributed by atoms with E-state index < -0.39 is 0 Å². The van der Waals surface area contributed by atoms with Crippen molar-refractivity contribution in [2.75, 3.05) is 7.11 Å². The number of amides is 1. The second kappa shape index (κ2) is 5.39. The molecule has 3 heteroatoms. The van der Waals surface area contributed by atoms with Gasteiger partial charge in [-0.25, -0.2) is 0 Å². The summed E-state index contributed by atoms with van der Waals surface area (Å²) in [7, 11) is 1.59. The molecule has 0 aliphatic rings. The number of methoxy groups -OCH3 is 1. The molecule has 0 unspecified atom stereocenters. The molecule has 1 amide bonds. The fourth-order valence-corrected chi connectivity index (χ4v) is 1.17. The Morgan fingerprint density at radius 2 is 2.27 bits per heavy atom. The quantitative estimate of drug-likeness (QED) is 0.822. The highest BCUT2D eigenvalue weighted by Crippen LogP contribution is 2.12. The first-order valence-electron chi connectivity index (χ1n) is 5.12. The first-order valence-corrected chi connectivity index (χ1v) is 5.12. The van der Waals surface area contributed by atoms with E-state index in [1.165, 1.54) is 0 Å². The van der Waals surface area contributed by atoms with Crippen LogP contribution in [0.3, 0.4) is 0 Å². The number of rotatable bonds is 4. The normalized spacial score (nSPS) is 11.9. The standard InChI is InChI=1S/C12H17NO2/c1-4-9(2)13-12(14)10-6-5-7-11(8-10)15-3/h5-9H,4H2,1-3H3,(H,13,14)/t9-/m1/s1. The molecule has 0 bridgehead atoms. The number of nitrogens with one attached hydrogen (secondary N) is 1. The predicted molar refractivity (Wildman–Crippen MR) is 60.2 cm³/mol. The highest BCUT2D eigenvalue weighted by molar-refractivity contribution is 5.94. The van der Waals surface area contributed by atoms with Gasteiger partial charge in [0.2, 0.25) is 0 Å². The maximum absolute atomic E-state index is 11.7. The Labute approximate surface area is 90.4 Å². The van der Waals surface area contributed by atoms with Crippen LogP contribution >= 0.6 is 0 Å². The number of carbonyl (C=O) groups excluding carboxylic acids is 1. The Kier molecular flexibility index (Phi) is 4.16. The molecule has 0 saturated heterocycles. The Morgan fingerprint density at radius 3 is 2.87 bits per heavy atom. The van der Waals surface area contributed by atoms with Gasteiger partial charge in [-0.05, 0) is 31.5 Å². The van der Waals surface area contributed by atoms with Gasteiger partial charge in [0.25, 0.3) is 5.91 Å². The molecule has 1 aromatic carbocycles. The smallest absolute Gasteiger partial charge is 0.251 e. The van der Waals surface area contributed by atoms with Gasteiger partial charge in [-0.1, -0.05) is 13.0 Å². The number of hydrogen-bond acceptors (Lipinski definition) is 2. The Bertz CT molecular complexity index is 336. The van der Waals surface area contributed by atoms with Crippen molar-refractivity contribution in [3.05, 3.63) is 29.8 Å². The van der Waals surface area contributed by atoms with Crippen molar-refractivity contribution in [2.24, 2.45) is 0 Å². The van der Waals surface area contributed by atoms with Crippen LogP contribution in [0.2, 0.25) is 0 Å². The number of hydrogen-bond donors (Lipinski definition) is 1. The number of benzene rings is 1. The first-order chi connectivity index (χ1) is 7.17. The zero-order chi connectivity index (χ0) is 11.3. The fourth-order valence-electron chi connectivity index (χ4n) is 1.17. The summed E-state index contributed by atoms with van der Waals surface area (Å²) in [5, 5.41) is 2.90. The molecule has 0 aliphatic heterocycles. The van der Waals surface area contributed by atoms with E-state index in [0.29, 0.717) is 11.3 Å². The number of ether oxygens (including phenoxy) is 1. The molecule has 0 radical (unpaired) electrons. The molecule has 0 heterocycles. The van der Waals surface area contributed by atoms with Gasteiger partial charge >= 0.3 is 0 Å². The summed E-state index contributed by atoms with van der Waals surface area (Å²) in [6, 6.07) is 7.34. The molecule has 82 valence electrons. The highest BCUT2D eigenvalue weighted by atomic mass is 16.5. The third kappa shape index (κ3) is 3.27.